The molecule has 0 bridgehead atoms. The lowest BCUT2D eigenvalue weighted by atomic mass is 10.0. The molecule has 1 atom stereocenters. The second-order valence-corrected chi connectivity index (χ2v) is 6.95. The first-order valence-electron chi connectivity index (χ1n) is 9.10. The summed E-state index contributed by atoms with van der Waals surface area (Å²) < 4.78 is 5.30. The maximum atomic E-state index is 12.7. The number of para-hydroxylation sites is 1. The monoisotopic (exact) mass is 408 g/mol. The Morgan fingerprint density at radius 1 is 1.11 bits per heavy atom. The van der Waals surface area contributed by atoms with E-state index in [4.69, 9.17) is 16.3 Å². The number of likely N-dealkylation sites (tertiary alicyclic amines) is 1. The van der Waals surface area contributed by atoms with Crippen molar-refractivity contribution in [1.82, 2.24) is 10.2 Å². The first kappa shape index (κ1) is 21.5. The molecule has 1 saturated heterocycles. The number of hydrogen-bond acceptors (Lipinski definition) is 3. The highest BCUT2D eigenvalue weighted by atomic mass is 35.5. The van der Waals surface area contributed by atoms with Gasteiger partial charge in [0, 0.05) is 11.6 Å². The zero-order valence-electron chi connectivity index (χ0n) is 15.5. The summed E-state index contributed by atoms with van der Waals surface area (Å²) in [6.45, 7) is 2.57. The third-order valence-electron chi connectivity index (χ3n) is 4.90. The smallest absolute Gasteiger partial charge is 0.255 e. The van der Waals surface area contributed by atoms with E-state index in [2.05, 4.69) is 16.3 Å². The fraction of sp³-hybridized carbons (Fsp3) is 0.381. The average molecular weight is 409 g/mol. The molecule has 4 nitrogen and oxygen atoms in total. The lowest BCUT2D eigenvalue weighted by Gasteiger charge is -2.35. The third-order valence-corrected chi connectivity index (χ3v) is 5.25. The van der Waals surface area contributed by atoms with Gasteiger partial charge in [-0.2, -0.15) is 0 Å². The van der Waals surface area contributed by atoms with E-state index in [1.165, 1.54) is 19.3 Å². The molecule has 2 aromatic rings. The minimum absolute atomic E-state index is 0. The number of carbonyl (C=O) groups excluding carboxylic acids is 1. The van der Waals surface area contributed by atoms with Crippen LogP contribution >= 0.6 is 24.0 Å². The van der Waals surface area contributed by atoms with Gasteiger partial charge < -0.3 is 10.1 Å². The lowest BCUT2D eigenvalue weighted by molar-refractivity contribution is 0.0921. The molecule has 2 aromatic carbocycles. The van der Waals surface area contributed by atoms with Crippen molar-refractivity contribution < 1.29 is 9.53 Å². The first-order valence-corrected chi connectivity index (χ1v) is 9.48. The lowest BCUT2D eigenvalue weighted by Crippen LogP contribution is -2.40. The SMILES string of the molecule is COc1ccccc1C(=O)NCC(c1ccccc1Cl)N1CCCCC1.Cl. The largest absolute Gasteiger partial charge is 0.496 e. The maximum absolute atomic E-state index is 12.7. The van der Waals surface area contributed by atoms with Crippen LogP contribution < -0.4 is 10.1 Å². The topological polar surface area (TPSA) is 41.6 Å². The van der Waals surface area contributed by atoms with Crippen LogP contribution in [0.1, 0.15) is 41.2 Å². The van der Waals surface area contributed by atoms with Crippen molar-refractivity contribution in [3.05, 3.63) is 64.7 Å². The van der Waals surface area contributed by atoms with Crippen LogP contribution in [0.25, 0.3) is 0 Å². The van der Waals surface area contributed by atoms with Crippen LogP contribution in [0.5, 0.6) is 5.75 Å². The van der Waals surface area contributed by atoms with Crippen molar-refractivity contribution >= 4 is 29.9 Å². The van der Waals surface area contributed by atoms with E-state index in [1.807, 2.05) is 30.3 Å². The predicted molar refractivity (Wildman–Crippen MR) is 112 cm³/mol. The Kier molecular flexibility index (Phi) is 8.42. The van der Waals surface area contributed by atoms with Crippen LogP contribution in [0.4, 0.5) is 0 Å². The van der Waals surface area contributed by atoms with E-state index >= 15 is 0 Å². The van der Waals surface area contributed by atoms with Gasteiger partial charge in [0.15, 0.2) is 0 Å². The van der Waals surface area contributed by atoms with E-state index in [9.17, 15) is 4.79 Å². The number of ether oxygens (including phenoxy) is 1. The molecule has 0 aliphatic carbocycles. The molecule has 1 N–H and O–H groups in total. The quantitative estimate of drug-likeness (QED) is 0.750. The highest BCUT2D eigenvalue weighted by molar-refractivity contribution is 6.31. The van der Waals surface area contributed by atoms with Gasteiger partial charge in [-0.15, -0.1) is 12.4 Å². The Morgan fingerprint density at radius 3 is 2.48 bits per heavy atom. The number of nitrogens with zero attached hydrogens (tertiary/aromatic N) is 1. The van der Waals surface area contributed by atoms with Gasteiger partial charge >= 0.3 is 0 Å². The number of amides is 1. The summed E-state index contributed by atoms with van der Waals surface area (Å²) in [7, 11) is 1.58. The van der Waals surface area contributed by atoms with Crippen LogP contribution in [0, 0.1) is 0 Å². The van der Waals surface area contributed by atoms with Crippen molar-refractivity contribution in [3.8, 4) is 5.75 Å². The summed E-state index contributed by atoms with van der Waals surface area (Å²) in [5.41, 5.74) is 1.61. The number of piperidine rings is 1. The number of rotatable bonds is 6. The van der Waals surface area contributed by atoms with E-state index in [0.29, 0.717) is 17.9 Å². The first-order chi connectivity index (χ1) is 12.7. The Balaban J connectivity index is 0.00000261. The van der Waals surface area contributed by atoms with Gasteiger partial charge in [-0.25, -0.2) is 0 Å². The Labute approximate surface area is 172 Å². The Bertz CT molecular complexity index is 748. The van der Waals surface area contributed by atoms with Gasteiger partial charge in [0.05, 0.1) is 18.7 Å². The summed E-state index contributed by atoms with van der Waals surface area (Å²) in [6, 6.07) is 15.2. The molecule has 0 spiro atoms. The van der Waals surface area contributed by atoms with Crippen molar-refractivity contribution in [2.45, 2.75) is 25.3 Å². The fourth-order valence-electron chi connectivity index (χ4n) is 3.53. The highest BCUT2D eigenvalue weighted by Gasteiger charge is 2.25. The Hall–Kier alpha value is -1.75. The number of carbonyl (C=O) groups is 1. The molecule has 1 unspecified atom stereocenters. The molecular weight excluding hydrogens is 383 g/mol. The number of methoxy groups -OCH3 is 1. The van der Waals surface area contributed by atoms with Crippen molar-refractivity contribution in [2.75, 3.05) is 26.7 Å². The zero-order chi connectivity index (χ0) is 18.4. The average Bonchev–Trinajstić information content (AvgIpc) is 2.70. The minimum atomic E-state index is -0.128. The van der Waals surface area contributed by atoms with Gasteiger partial charge in [-0.1, -0.05) is 48.4 Å². The standard InChI is InChI=1S/C21H25ClN2O2.ClH/c1-26-20-12-6-4-10-17(20)21(25)23-15-19(24-13-7-2-8-14-24)16-9-3-5-11-18(16)22;/h3-6,9-12,19H,2,7-8,13-15H2,1H3,(H,23,25);1H. The molecule has 0 aromatic heterocycles. The highest BCUT2D eigenvalue weighted by Crippen LogP contribution is 2.29. The molecule has 1 fully saturated rings. The minimum Gasteiger partial charge on any atom is -0.496 e. The third kappa shape index (κ3) is 5.38. The van der Waals surface area contributed by atoms with Crippen LogP contribution in [0.2, 0.25) is 5.02 Å². The van der Waals surface area contributed by atoms with Gasteiger partial charge in [0.2, 0.25) is 0 Å². The number of hydrogen-bond donors (Lipinski definition) is 1. The van der Waals surface area contributed by atoms with Crippen molar-refractivity contribution in [1.29, 1.82) is 0 Å². The molecule has 6 heteroatoms. The van der Waals surface area contributed by atoms with E-state index < -0.39 is 0 Å². The van der Waals surface area contributed by atoms with Gasteiger partial charge in [-0.3, -0.25) is 9.69 Å². The molecule has 3 rings (SSSR count). The maximum Gasteiger partial charge on any atom is 0.255 e. The number of halogens is 2. The van der Waals surface area contributed by atoms with Crippen molar-refractivity contribution in [2.24, 2.45) is 0 Å². The zero-order valence-corrected chi connectivity index (χ0v) is 17.1. The van der Waals surface area contributed by atoms with Crippen LogP contribution in [-0.2, 0) is 0 Å². The summed E-state index contributed by atoms with van der Waals surface area (Å²) in [4.78, 5) is 15.1. The predicted octanol–water partition coefficient (Wildman–Crippen LogP) is 4.73. The molecule has 1 aliphatic heterocycles. The molecule has 146 valence electrons. The molecule has 1 heterocycles. The van der Waals surface area contributed by atoms with Crippen LogP contribution in [0.15, 0.2) is 48.5 Å². The van der Waals surface area contributed by atoms with Gasteiger partial charge in [-0.05, 0) is 49.7 Å². The number of benzene rings is 2. The normalized spacial score (nSPS) is 15.5. The van der Waals surface area contributed by atoms with Crippen LogP contribution in [0.3, 0.4) is 0 Å². The molecule has 0 radical (unpaired) electrons. The second-order valence-electron chi connectivity index (χ2n) is 6.54. The van der Waals surface area contributed by atoms with Crippen molar-refractivity contribution in [3.63, 3.8) is 0 Å². The van der Waals surface area contributed by atoms with Gasteiger partial charge in [0.1, 0.15) is 5.75 Å². The molecule has 1 amide bonds. The summed E-state index contributed by atoms with van der Waals surface area (Å²) >= 11 is 6.46. The van der Waals surface area contributed by atoms with Crippen LogP contribution in [-0.4, -0.2) is 37.6 Å². The van der Waals surface area contributed by atoms with E-state index in [-0.39, 0.29) is 24.4 Å². The Morgan fingerprint density at radius 2 is 1.78 bits per heavy atom. The van der Waals surface area contributed by atoms with E-state index in [1.54, 1.807) is 19.2 Å². The molecule has 27 heavy (non-hydrogen) atoms. The molecular formula is C21H26Cl2N2O2. The van der Waals surface area contributed by atoms with E-state index in [0.717, 1.165) is 23.7 Å². The summed E-state index contributed by atoms with van der Waals surface area (Å²) in [6.07, 6.45) is 3.63. The fourth-order valence-corrected chi connectivity index (χ4v) is 3.79. The summed E-state index contributed by atoms with van der Waals surface area (Å²) in [5.74, 6) is 0.453. The number of nitrogens with one attached hydrogen (secondary N) is 1. The molecule has 0 saturated carbocycles. The second kappa shape index (κ2) is 10.5. The summed E-state index contributed by atoms with van der Waals surface area (Å²) in [5, 5.41) is 3.82. The van der Waals surface area contributed by atoms with Gasteiger partial charge in [0.25, 0.3) is 5.91 Å². The molecule has 1 aliphatic rings.